The lowest BCUT2D eigenvalue weighted by Gasteiger charge is -2.32. The molecule has 3 rings (SSSR count). The smallest absolute Gasteiger partial charge is 0.261 e. The lowest BCUT2D eigenvalue weighted by atomic mass is 10.0. The van der Waals surface area contributed by atoms with Gasteiger partial charge in [0, 0.05) is 24.6 Å². The van der Waals surface area contributed by atoms with Gasteiger partial charge in [-0.25, -0.2) is 4.39 Å². The van der Waals surface area contributed by atoms with Gasteiger partial charge in [-0.15, -0.1) is 0 Å². The zero-order chi connectivity index (χ0) is 23.6. The average Bonchev–Trinajstić information content (AvgIpc) is 2.81. The molecular formula is C27H29FN2O3. The average molecular weight is 449 g/mol. The molecule has 0 aliphatic heterocycles. The van der Waals surface area contributed by atoms with Crippen LogP contribution < -0.4 is 10.1 Å². The maximum absolute atomic E-state index is 14.5. The molecule has 1 atom stereocenters. The molecule has 0 bridgehead atoms. The van der Waals surface area contributed by atoms with Crippen LogP contribution in [0.4, 0.5) is 4.39 Å². The predicted molar refractivity (Wildman–Crippen MR) is 126 cm³/mol. The lowest BCUT2D eigenvalue weighted by molar-refractivity contribution is -0.143. The molecule has 172 valence electrons. The predicted octanol–water partition coefficient (Wildman–Crippen LogP) is 4.37. The third kappa shape index (κ3) is 7.17. The highest BCUT2D eigenvalue weighted by molar-refractivity contribution is 5.88. The number of benzene rings is 3. The van der Waals surface area contributed by atoms with Crippen LogP contribution in [0.15, 0.2) is 84.9 Å². The van der Waals surface area contributed by atoms with E-state index in [9.17, 15) is 14.0 Å². The first-order valence-corrected chi connectivity index (χ1v) is 11.0. The van der Waals surface area contributed by atoms with E-state index in [1.54, 1.807) is 30.3 Å². The molecule has 0 aliphatic carbocycles. The van der Waals surface area contributed by atoms with Crippen LogP contribution in [0.25, 0.3) is 0 Å². The van der Waals surface area contributed by atoms with Crippen molar-refractivity contribution in [2.24, 2.45) is 0 Å². The molecule has 0 heterocycles. The molecule has 0 fully saturated rings. The third-order valence-electron chi connectivity index (χ3n) is 5.11. The highest BCUT2D eigenvalue weighted by Gasteiger charge is 2.31. The minimum atomic E-state index is -0.832. The van der Waals surface area contributed by atoms with Crippen molar-refractivity contribution in [2.45, 2.75) is 38.9 Å². The van der Waals surface area contributed by atoms with Crippen LogP contribution in [0, 0.1) is 5.82 Å². The number of para-hydroxylation sites is 1. The largest absolute Gasteiger partial charge is 0.484 e. The molecule has 6 heteroatoms. The number of carbonyl (C=O) groups excluding carboxylic acids is 2. The Balaban J connectivity index is 1.91. The summed E-state index contributed by atoms with van der Waals surface area (Å²) in [5, 5.41) is 2.91. The quantitative estimate of drug-likeness (QED) is 0.501. The highest BCUT2D eigenvalue weighted by atomic mass is 19.1. The molecule has 0 saturated carbocycles. The number of hydrogen-bond donors (Lipinski definition) is 1. The van der Waals surface area contributed by atoms with Crippen LogP contribution in [0.3, 0.4) is 0 Å². The monoisotopic (exact) mass is 448 g/mol. The number of ether oxygens (including phenoxy) is 1. The Kier molecular flexibility index (Phi) is 8.58. The van der Waals surface area contributed by atoms with E-state index >= 15 is 0 Å². The Hall–Kier alpha value is -3.67. The number of hydrogen-bond acceptors (Lipinski definition) is 3. The molecule has 3 aromatic carbocycles. The van der Waals surface area contributed by atoms with Gasteiger partial charge in [0.2, 0.25) is 5.91 Å². The van der Waals surface area contributed by atoms with Crippen molar-refractivity contribution in [3.63, 3.8) is 0 Å². The normalized spacial score (nSPS) is 11.6. The summed E-state index contributed by atoms with van der Waals surface area (Å²) < 4.78 is 20.2. The summed E-state index contributed by atoms with van der Waals surface area (Å²) in [5.74, 6) is -0.579. The second kappa shape index (κ2) is 11.8. The summed E-state index contributed by atoms with van der Waals surface area (Å²) >= 11 is 0. The van der Waals surface area contributed by atoms with Crippen molar-refractivity contribution in [1.29, 1.82) is 0 Å². The van der Waals surface area contributed by atoms with Crippen molar-refractivity contribution in [3.8, 4) is 5.75 Å². The van der Waals surface area contributed by atoms with E-state index in [0.29, 0.717) is 17.7 Å². The second-order valence-electron chi connectivity index (χ2n) is 8.08. The van der Waals surface area contributed by atoms with Crippen molar-refractivity contribution in [3.05, 3.63) is 102 Å². The number of carbonyl (C=O) groups is 2. The Morgan fingerprint density at radius 1 is 0.909 bits per heavy atom. The van der Waals surface area contributed by atoms with Gasteiger partial charge in [-0.2, -0.15) is 0 Å². The SMILES string of the molecule is CC(C)NC(=O)[C@H](Cc1ccccc1)N(Cc1ccccc1F)C(=O)COc1ccccc1. The molecule has 2 amide bonds. The first-order valence-electron chi connectivity index (χ1n) is 11.0. The Morgan fingerprint density at radius 2 is 1.52 bits per heavy atom. The first-order chi connectivity index (χ1) is 15.9. The van der Waals surface area contributed by atoms with Crippen LogP contribution in [0.2, 0.25) is 0 Å². The van der Waals surface area contributed by atoms with E-state index in [-0.39, 0.29) is 25.1 Å². The Bertz CT molecular complexity index is 1040. The summed E-state index contributed by atoms with van der Waals surface area (Å²) in [6, 6.07) is 23.8. The molecule has 0 radical (unpaired) electrons. The fourth-order valence-electron chi connectivity index (χ4n) is 3.49. The molecule has 3 aromatic rings. The fourth-order valence-corrected chi connectivity index (χ4v) is 3.49. The van der Waals surface area contributed by atoms with Gasteiger partial charge in [-0.1, -0.05) is 66.7 Å². The number of nitrogens with one attached hydrogen (secondary N) is 1. The van der Waals surface area contributed by atoms with Gasteiger partial charge in [-0.3, -0.25) is 9.59 Å². The number of amides is 2. The molecular weight excluding hydrogens is 419 g/mol. The zero-order valence-corrected chi connectivity index (χ0v) is 18.9. The van der Waals surface area contributed by atoms with Gasteiger partial charge in [0.25, 0.3) is 5.91 Å². The highest BCUT2D eigenvalue weighted by Crippen LogP contribution is 2.18. The van der Waals surface area contributed by atoms with Gasteiger partial charge in [0.15, 0.2) is 6.61 Å². The minimum Gasteiger partial charge on any atom is -0.484 e. The van der Waals surface area contributed by atoms with Gasteiger partial charge in [0.1, 0.15) is 17.6 Å². The zero-order valence-electron chi connectivity index (χ0n) is 18.9. The van der Waals surface area contributed by atoms with Crippen molar-refractivity contribution in [2.75, 3.05) is 6.61 Å². The summed E-state index contributed by atoms with van der Waals surface area (Å²) in [5.41, 5.74) is 1.23. The molecule has 0 unspecified atom stereocenters. The van der Waals surface area contributed by atoms with E-state index in [0.717, 1.165) is 5.56 Å². The number of halogens is 1. The van der Waals surface area contributed by atoms with Gasteiger partial charge >= 0.3 is 0 Å². The maximum Gasteiger partial charge on any atom is 0.261 e. The van der Waals surface area contributed by atoms with Crippen molar-refractivity contribution in [1.82, 2.24) is 10.2 Å². The van der Waals surface area contributed by atoms with Crippen molar-refractivity contribution < 1.29 is 18.7 Å². The summed E-state index contributed by atoms with van der Waals surface area (Å²) in [7, 11) is 0. The maximum atomic E-state index is 14.5. The Morgan fingerprint density at radius 3 is 2.15 bits per heavy atom. The van der Waals surface area contributed by atoms with E-state index in [1.165, 1.54) is 11.0 Å². The molecule has 33 heavy (non-hydrogen) atoms. The minimum absolute atomic E-state index is 0.0489. The molecule has 0 aliphatic rings. The summed E-state index contributed by atoms with van der Waals surface area (Å²) in [4.78, 5) is 28.0. The van der Waals surface area contributed by atoms with Gasteiger partial charge < -0.3 is 15.0 Å². The van der Waals surface area contributed by atoms with Crippen LogP contribution in [0.1, 0.15) is 25.0 Å². The van der Waals surface area contributed by atoms with Crippen LogP contribution in [-0.2, 0) is 22.6 Å². The van der Waals surface area contributed by atoms with E-state index in [4.69, 9.17) is 4.74 Å². The standard InChI is InChI=1S/C27H29FN2O3/c1-20(2)29-27(32)25(17-21-11-5-3-6-12-21)30(18-22-13-9-10-16-24(22)28)26(31)19-33-23-14-7-4-8-15-23/h3-16,20,25H,17-19H2,1-2H3,(H,29,32)/t25-/m0/s1. The van der Waals surface area contributed by atoms with Crippen LogP contribution >= 0.6 is 0 Å². The van der Waals surface area contributed by atoms with E-state index in [1.807, 2.05) is 62.4 Å². The van der Waals surface area contributed by atoms with Crippen LogP contribution in [0.5, 0.6) is 5.75 Å². The van der Waals surface area contributed by atoms with Crippen LogP contribution in [-0.4, -0.2) is 35.4 Å². The summed E-state index contributed by atoms with van der Waals surface area (Å²) in [6.45, 7) is 3.41. The van der Waals surface area contributed by atoms with Gasteiger partial charge in [0.05, 0.1) is 0 Å². The molecule has 0 saturated heterocycles. The topological polar surface area (TPSA) is 58.6 Å². The third-order valence-corrected chi connectivity index (χ3v) is 5.11. The van der Waals surface area contributed by atoms with Gasteiger partial charge in [-0.05, 0) is 37.6 Å². The number of rotatable bonds is 10. The van der Waals surface area contributed by atoms with Crippen molar-refractivity contribution >= 4 is 11.8 Å². The first kappa shape index (κ1) is 24.0. The van der Waals surface area contributed by atoms with E-state index < -0.39 is 17.8 Å². The molecule has 5 nitrogen and oxygen atoms in total. The second-order valence-corrected chi connectivity index (χ2v) is 8.08. The number of nitrogens with zero attached hydrogens (tertiary/aromatic N) is 1. The fraction of sp³-hybridized carbons (Fsp3) is 0.259. The Labute approximate surface area is 194 Å². The van der Waals surface area contributed by atoms with E-state index in [2.05, 4.69) is 5.32 Å². The molecule has 1 N–H and O–H groups in total. The molecule has 0 spiro atoms. The summed E-state index contributed by atoms with van der Waals surface area (Å²) in [6.07, 6.45) is 0.297. The lowest BCUT2D eigenvalue weighted by Crippen LogP contribution is -2.53. The molecule has 0 aromatic heterocycles.